The predicted molar refractivity (Wildman–Crippen MR) is 43.5 cm³/mol. The Morgan fingerprint density at radius 1 is 1.42 bits per heavy atom. The Labute approximate surface area is 75.4 Å². The summed E-state index contributed by atoms with van der Waals surface area (Å²) in [6.45, 7) is 2.20. The standard InChI is InChI=1S/C7H10F3N.ClH/c1-5(7(8,9)10)6-2-3-11-4-6;/h11H,2-4H2,1H3;1H/b6-5+;. The predicted octanol–water partition coefficient (Wildman–Crippen LogP) is 2.28. The Morgan fingerprint density at radius 2 is 2.00 bits per heavy atom. The van der Waals surface area contributed by atoms with Crippen molar-refractivity contribution in [2.45, 2.75) is 19.5 Å². The first kappa shape index (κ1) is 11.8. The third-order valence-electron chi connectivity index (χ3n) is 1.90. The van der Waals surface area contributed by atoms with Crippen molar-refractivity contribution in [3.8, 4) is 0 Å². The molecule has 72 valence electrons. The van der Waals surface area contributed by atoms with Crippen LogP contribution in [0.25, 0.3) is 0 Å². The van der Waals surface area contributed by atoms with Crippen LogP contribution < -0.4 is 5.32 Å². The van der Waals surface area contributed by atoms with Crippen LogP contribution in [0.5, 0.6) is 0 Å². The molecule has 0 spiro atoms. The molecule has 5 heteroatoms. The van der Waals surface area contributed by atoms with Crippen molar-refractivity contribution < 1.29 is 13.2 Å². The van der Waals surface area contributed by atoms with Crippen LogP contribution in [0.4, 0.5) is 13.2 Å². The molecule has 0 radical (unpaired) electrons. The summed E-state index contributed by atoms with van der Waals surface area (Å²) in [4.78, 5) is 0. The minimum absolute atomic E-state index is 0. The smallest absolute Gasteiger partial charge is 0.313 e. The highest BCUT2D eigenvalue weighted by molar-refractivity contribution is 5.85. The normalized spacial score (nSPS) is 22.0. The highest BCUT2D eigenvalue weighted by Crippen LogP contribution is 2.29. The molecule has 0 unspecified atom stereocenters. The maximum absolute atomic E-state index is 12.0. The van der Waals surface area contributed by atoms with Crippen molar-refractivity contribution in [3.05, 3.63) is 11.1 Å². The molecule has 0 aromatic heterocycles. The Bertz CT molecular complexity index is 178. The number of rotatable bonds is 0. The molecule has 1 rings (SSSR count). The zero-order valence-corrected chi connectivity index (χ0v) is 7.48. The Kier molecular flexibility index (Phi) is 4.06. The van der Waals surface area contributed by atoms with E-state index >= 15 is 0 Å². The van der Waals surface area contributed by atoms with Crippen LogP contribution in [-0.2, 0) is 0 Å². The van der Waals surface area contributed by atoms with Crippen LogP contribution in [0.2, 0.25) is 0 Å². The highest BCUT2D eigenvalue weighted by Gasteiger charge is 2.32. The van der Waals surface area contributed by atoms with Gasteiger partial charge in [0.05, 0.1) is 0 Å². The molecule has 1 aliphatic rings. The minimum atomic E-state index is -4.14. The molecule has 1 fully saturated rings. The monoisotopic (exact) mass is 201 g/mol. The highest BCUT2D eigenvalue weighted by atomic mass is 35.5. The molecule has 0 saturated carbocycles. The van der Waals surface area contributed by atoms with Gasteiger partial charge in [-0.1, -0.05) is 0 Å². The first-order chi connectivity index (χ1) is 5.02. The van der Waals surface area contributed by atoms with E-state index in [4.69, 9.17) is 0 Å². The number of halogens is 4. The zero-order valence-electron chi connectivity index (χ0n) is 6.66. The number of nitrogens with one attached hydrogen (secondary N) is 1. The van der Waals surface area contributed by atoms with Crippen LogP contribution in [0, 0.1) is 0 Å². The van der Waals surface area contributed by atoms with Crippen LogP contribution in [0.1, 0.15) is 13.3 Å². The van der Waals surface area contributed by atoms with Gasteiger partial charge in [-0.05, 0) is 25.5 Å². The summed E-state index contributed by atoms with van der Waals surface area (Å²) in [5, 5.41) is 2.87. The lowest BCUT2D eigenvalue weighted by Gasteiger charge is -2.09. The molecule has 1 nitrogen and oxygen atoms in total. The summed E-state index contributed by atoms with van der Waals surface area (Å²) in [5.41, 5.74) is 0.0694. The van der Waals surface area contributed by atoms with Crippen molar-refractivity contribution in [1.82, 2.24) is 5.32 Å². The summed E-state index contributed by atoms with van der Waals surface area (Å²) in [5.74, 6) is 0. The summed E-state index contributed by atoms with van der Waals surface area (Å²) < 4.78 is 36.0. The van der Waals surface area contributed by atoms with Crippen LogP contribution in [0.3, 0.4) is 0 Å². The van der Waals surface area contributed by atoms with Gasteiger partial charge in [0.1, 0.15) is 0 Å². The van der Waals surface area contributed by atoms with Gasteiger partial charge in [0, 0.05) is 12.1 Å². The zero-order chi connectivity index (χ0) is 8.48. The van der Waals surface area contributed by atoms with E-state index in [1.807, 2.05) is 0 Å². The van der Waals surface area contributed by atoms with Gasteiger partial charge >= 0.3 is 6.18 Å². The second kappa shape index (κ2) is 4.14. The molecule has 0 bridgehead atoms. The molecule has 1 saturated heterocycles. The van der Waals surface area contributed by atoms with Crippen molar-refractivity contribution in [1.29, 1.82) is 0 Å². The van der Waals surface area contributed by atoms with E-state index < -0.39 is 11.7 Å². The van der Waals surface area contributed by atoms with E-state index in [1.54, 1.807) is 0 Å². The maximum atomic E-state index is 12.0. The fourth-order valence-electron chi connectivity index (χ4n) is 1.09. The fourth-order valence-corrected chi connectivity index (χ4v) is 1.09. The fraction of sp³-hybridized carbons (Fsp3) is 0.714. The lowest BCUT2D eigenvalue weighted by Crippen LogP contribution is -2.13. The van der Waals surface area contributed by atoms with E-state index in [2.05, 4.69) is 5.32 Å². The summed E-state index contributed by atoms with van der Waals surface area (Å²) in [7, 11) is 0. The second-order valence-corrected chi connectivity index (χ2v) is 2.65. The first-order valence-corrected chi connectivity index (χ1v) is 3.48. The van der Waals surface area contributed by atoms with Gasteiger partial charge in [-0.3, -0.25) is 0 Å². The summed E-state index contributed by atoms with van der Waals surface area (Å²) >= 11 is 0. The molecule has 0 aromatic carbocycles. The quantitative estimate of drug-likeness (QED) is 0.593. The van der Waals surface area contributed by atoms with Gasteiger partial charge in [0.2, 0.25) is 0 Å². The molecule has 0 atom stereocenters. The Morgan fingerprint density at radius 3 is 2.33 bits per heavy atom. The van der Waals surface area contributed by atoms with E-state index in [1.165, 1.54) is 0 Å². The van der Waals surface area contributed by atoms with Gasteiger partial charge in [-0.25, -0.2) is 0 Å². The molecular weight excluding hydrogens is 191 g/mol. The lowest BCUT2D eigenvalue weighted by atomic mass is 10.1. The molecule has 1 N–H and O–H groups in total. The van der Waals surface area contributed by atoms with Gasteiger partial charge < -0.3 is 5.32 Å². The van der Waals surface area contributed by atoms with Crippen molar-refractivity contribution in [3.63, 3.8) is 0 Å². The Hall–Kier alpha value is -0.220. The van der Waals surface area contributed by atoms with E-state index in [9.17, 15) is 13.2 Å². The van der Waals surface area contributed by atoms with Gasteiger partial charge in [0.25, 0.3) is 0 Å². The number of alkyl halides is 3. The summed E-state index contributed by atoms with van der Waals surface area (Å²) in [6.07, 6.45) is -3.60. The van der Waals surface area contributed by atoms with E-state index in [-0.39, 0.29) is 12.4 Å². The SMILES string of the molecule is C/C(=C1/CCNC1)C(F)(F)F.Cl. The first-order valence-electron chi connectivity index (χ1n) is 3.48. The maximum Gasteiger partial charge on any atom is 0.412 e. The van der Waals surface area contributed by atoms with Crippen LogP contribution in [0.15, 0.2) is 11.1 Å². The van der Waals surface area contributed by atoms with Crippen molar-refractivity contribution in [2.75, 3.05) is 13.1 Å². The lowest BCUT2D eigenvalue weighted by molar-refractivity contribution is -0.0922. The number of allylic oxidation sites excluding steroid dienone is 1. The summed E-state index contributed by atoms with van der Waals surface area (Å²) in [6, 6.07) is 0. The average Bonchev–Trinajstić information content (AvgIpc) is 2.34. The minimum Gasteiger partial charge on any atom is -0.313 e. The number of hydrogen-bond donors (Lipinski definition) is 1. The van der Waals surface area contributed by atoms with Gasteiger partial charge in [0.15, 0.2) is 0 Å². The van der Waals surface area contributed by atoms with Crippen molar-refractivity contribution >= 4 is 12.4 Å². The number of hydrogen-bond acceptors (Lipinski definition) is 1. The molecule has 0 aromatic rings. The molecular formula is C7H11ClF3N. The molecule has 12 heavy (non-hydrogen) atoms. The van der Waals surface area contributed by atoms with Gasteiger partial charge in [-0.15, -0.1) is 12.4 Å². The van der Waals surface area contributed by atoms with E-state index in [0.29, 0.717) is 25.1 Å². The molecule has 0 aliphatic carbocycles. The van der Waals surface area contributed by atoms with E-state index in [0.717, 1.165) is 6.92 Å². The van der Waals surface area contributed by atoms with Crippen LogP contribution >= 0.6 is 12.4 Å². The van der Waals surface area contributed by atoms with Crippen molar-refractivity contribution in [2.24, 2.45) is 0 Å². The third kappa shape index (κ3) is 2.68. The van der Waals surface area contributed by atoms with Gasteiger partial charge in [-0.2, -0.15) is 13.2 Å². The molecule has 1 heterocycles. The molecule has 1 aliphatic heterocycles. The Balaban J connectivity index is 0.00000121. The topological polar surface area (TPSA) is 12.0 Å². The largest absolute Gasteiger partial charge is 0.412 e. The second-order valence-electron chi connectivity index (χ2n) is 2.65. The third-order valence-corrected chi connectivity index (χ3v) is 1.90. The van der Waals surface area contributed by atoms with Crippen LogP contribution in [-0.4, -0.2) is 19.3 Å². The molecule has 0 amide bonds. The average molecular weight is 202 g/mol.